The summed E-state index contributed by atoms with van der Waals surface area (Å²) in [6.07, 6.45) is 0. The van der Waals surface area contributed by atoms with Crippen molar-refractivity contribution in [2.24, 2.45) is 0 Å². The lowest BCUT2D eigenvalue weighted by Crippen LogP contribution is -1.98. The Bertz CT molecular complexity index is 747. The largest absolute Gasteiger partial charge is 0.457 e. The third-order valence-electron chi connectivity index (χ3n) is 3.64. The lowest BCUT2D eigenvalue weighted by Gasteiger charge is -2.05. The van der Waals surface area contributed by atoms with Gasteiger partial charge < -0.3 is 14.2 Å². The molecule has 4 heteroatoms. The molecule has 0 bridgehead atoms. The lowest BCUT2D eigenvalue weighted by atomic mass is 9.96. The number of rotatable bonds is 2. The first-order valence-corrected chi connectivity index (χ1v) is 6.68. The van der Waals surface area contributed by atoms with Gasteiger partial charge in [0.05, 0.1) is 5.57 Å². The molecule has 0 fully saturated rings. The van der Waals surface area contributed by atoms with Crippen LogP contribution in [0.5, 0.6) is 11.5 Å². The van der Waals surface area contributed by atoms with Crippen LogP contribution in [0.4, 0.5) is 0 Å². The summed E-state index contributed by atoms with van der Waals surface area (Å²) in [5, 5.41) is 0. The maximum absolute atomic E-state index is 12.1. The molecule has 0 radical (unpaired) electrons. The first kappa shape index (κ1) is 12.0. The molecule has 2 aromatic rings. The molecule has 2 aromatic carbocycles. The van der Waals surface area contributed by atoms with Gasteiger partial charge in [0.1, 0.15) is 6.61 Å². The Kier molecular flexibility index (Phi) is 2.67. The van der Waals surface area contributed by atoms with Crippen LogP contribution in [0.2, 0.25) is 0 Å². The number of cyclic esters (lactones) is 1. The van der Waals surface area contributed by atoms with Crippen molar-refractivity contribution in [3.8, 4) is 11.5 Å². The summed E-state index contributed by atoms with van der Waals surface area (Å²) in [5.74, 6) is 1.14. The van der Waals surface area contributed by atoms with Crippen molar-refractivity contribution in [3.63, 3.8) is 0 Å². The van der Waals surface area contributed by atoms with Crippen molar-refractivity contribution in [2.75, 3.05) is 13.4 Å². The standard InChI is InChI=1S/C17H12O4/c18-17-16(11-4-2-1-3-5-11)13(9-19-17)12-6-7-14-15(8-12)21-10-20-14/h1-8H,9-10H2. The molecular formula is C17H12O4. The Morgan fingerprint density at radius 3 is 2.48 bits per heavy atom. The van der Waals surface area contributed by atoms with Gasteiger partial charge >= 0.3 is 5.97 Å². The van der Waals surface area contributed by atoms with E-state index in [2.05, 4.69) is 0 Å². The van der Waals surface area contributed by atoms with Crippen LogP contribution in [-0.4, -0.2) is 19.4 Å². The summed E-state index contributed by atoms with van der Waals surface area (Å²) < 4.78 is 15.9. The SMILES string of the molecule is O=C1OCC(c2ccc3c(c2)OCO3)=C1c1ccccc1. The van der Waals surface area contributed by atoms with Gasteiger partial charge in [-0.3, -0.25) is 0 Å². The van der Waals surface area contributed by atoms with Crippen LogP contribution in [0.15, 0.2) is 48.5 Å². The van der Waals surface area contributed by atoms with Crippen molar-refractivity contribution in [3.05, 3.63) is 59.7 Å². The molecule has 4 nitrogen and oxygen atoms in total. The van der Waals surface area contributed by atoms with Crippen LogP contribution in [0.3, 0.4) is 0 Å². The maximum atomic E-state index is 12.1. The van der Waals surface area contributed by atoms with E-state index in [1.807, 2.05) is 48.5 Å². The van der Waals surface area contributed by atoms with E-state index in [0.29, 0.717) is 11.3 Å². The van der Waals surface area contributed by atoms with Crippen LogP contribution >= 0.6 is 0 Å². The van der Waals surface area contributed by atoms with Crippen LogP contribution in [0.25, 0.3) is 11.1 Å². The quantitative estimate of drug-likeness (QED) is 0.793. The van der Waals surface area contributed by atoms with Crippen molar-refractivity contribution in [2.45, 2.75) is 0 Å². The minimum atomic E-state index is -0.283. The van der Waals surface area contributed by atoms with E-state index in [1.165, 1.54) is 0 Å². The molecule has 2 aliphatic heterocycles. The predicted octanol–water partition coefficient (Wildman–Crippen LogP) is 2.88. The fourth-order valence-electron chi connectivity index (χ4n) is 2.61. The zero-order valence-electron chi connectivity index (χ0n) is 11.2. The smallest absolute Gasteiger partial charge is 0.339 e. The van der Waals surface area contributed by atoms with E-state index in [0.717, 1.165) is 22.4 Å². The second-order valence-corrected chi connectivity index (χ2v) is 4.86. The van der Waals surface area contributed by atoms with Gasteiger partial charge in [-0.2, -0.15) is 0 Å². The number of hydrogen-bond acceptors (Lipinski definition) is 4. The molecule has 0 amide bonds. The molecule has 2 aliphatic rings. The van der Waals surface area contributed by atoms with Gasteiger partial charge in [0.25, 0.3) is 0 Å². The van der Waals surface area contributed by atoms with Crippen LogP contribution < -0.4 is 9.47 Å². The molecule has 0 atom stereocenters. The Morgan fingerprint density at radius 1 is 0.810 bits per heavy atom. The van der Waals surface area contributed by atoms with Gasteiger partial charge in [0, 0.05) is 5.57 Å². The van der Waals surface area contributed by atoms with E-state index < -0.39 is 0 Å². The minimum absolute atomic E-state index is 0.235. The van der Waals surface area contributed by atoms with Gasteiger partial charge in [-0.25, -0.2) is 4.79 Å². The zero-order chi connectivity index (χ0) is 14.2. The Hall–Kier alpha value is -2.75. The second-order valence-electron chi connectivity index (χ2n) is 4.86. The summed E-state index contributed by atoms with van der Waals surface area (Å²) in [7, 11) is 0. The highest BCUT2D eigenvalue weighted by Crippen LogP contribution is 2.38. The Morgan fingerprint density at radius 2 is 1.62 bits per heavy atom. The number of carbonyl (C=O) groups is 1. The molecule has 4 rings (SSSR count). The van der Waals surface area contributed by atoms with E-state index in [9.17, 15) is 4.79 Å². The molecule has 0 aromatic heterocycles. The first-order chi connectivity index (χ1) is 10.3. The zero-order valence-corrected chi connectivity index (χ0v) is 11.2. The number of carbonyl (C=O) groups excluding carboxylic acids is 1. The third-order valence-corrected chi connectivity index (χ3v) is 3.64. The minimum Gasteiger partial charge on any atom is -0.457 e. The topological polar surface area (TPSA) is 44.8 Å². The summed E-state index contributed by atoms with van der Waals surface area (Å²) in [5.41, 5.74) is 3.29. The molecular weight excluding hydrogens is 268 g/mol. The maximum Gasteiger partial charge on any atom is 0.339 e. The normalized spacial score (nSPS) is 16.3. The third kappa shape index (κ3) is 1.96. The lowest BCUT2D eigenvalue weighted by molar-refractivity contribution is -0.133. The molecule has 0 aliphatic carbocycles. The number of ether oxygens (including phenoxy) is 3. The Balaban J connectivity index is 1.85. The van der Waals surface area contributed by atoms with Crippen LogP contribution in [0.1, 0.15) is 11.1 Å². The van der Waals surface area contributed by atoms with Gasteiger partial charge in [0.2, 0.25) is 6.79 Å². The predicted molar refractivity (Wildman–Crippen MR) is 76.8 cm³/mol. The van der Waals surface area contributed by atoms with Crippen LogP contribution in [0, 0.1) is 0 Å². The fraction of sp³-hybridized carbons (Fsp3) is 0.118. The van der Waals surface area contributed by atoms with Crippen molar-refractivity contribution in [1.82, 2.24) is 0 Å². The number of benzene rings is 2. The number of hydrogen-bond donors (Lipinski definition) is 0. The van der Waals surface area contributed by atoms with Gasteiger partial charge in [-0.1, -0.05) is 36.4 Å². The van der Waals surface area contributed by atoms with Crippen molar-refractivity contribution < 1.29 is 19.0 Å². The van der Waals surface area contributed by atoms with Crippen molar-refractivity contribution in [1.29, 1.82) is 0 Å². The molecule has 2 heterocycles. The Labute approximate surface area is 121 Å². The van der Waals surface area contributed by atoms with Gasteiger partial charge in [-0.15, -0.1) is 0 Å². The number of fused-ring (bicyclic) bond motifs is 1. The molecule has 0 unspecified atom stereocenters. The summed E-state index contributed by atoms with van der Waals surface area (Å²) in [6, 6.07) is 15.2. The second kappa shape index (κ2) is 4.66. The van der Waals surface area contributed by atoms with E-state index >= 15 is 0 Å². The summed E-state index contributed by atoms with van der Waals surface area (Å²) >= 11 is 0. The van der Waals surface area contributed by atoms with E-state index in [1.54, 1.807) is 0 Å². The number of esters is 1. The molecule has 0 N–H and O–H groups in total. The molecule has 21 heavy (non-hydrogen) atoms. The van der Waals surface area contributed by atoms with Gasteiger partial charge in [-0.05, 0) is 23.3 Å². The molecule has 104 valence electrons. The monoisotopic (exact) mass is 280 g/mol. The van der Waals surface area contributed by atoms with Crippen LogP contribution in [-0.2, 0) is 9.53 Å². The first-order valence-electron chi connectivity index (χ1n) is 6.68. The molecule has 0 spiro atoms. The fourth-order valence-corrected chi connectivity index (χ4v) is 2.61. The molecule has 0 saturated carbocycles. The average Bonchev–Trinajstić information content (AvgIpc) is 3.13. The van der Waals surface area contributed by atoms with Gasteiger partial charge in [0.15, 0.2) is 11.5 Å². The summed E-state index contributed by atoms with van der Waals surface area (Å²) in [6.45, 7) is 0.515. The van der Waals surface area contributed by atoms with E-state index in [4.69, 9.17) is 14.2 Å². The summed E-state index contributed by atoms with van der Waals surface area (Å²) in [4.78, 5) is 12.1. The highest BCUT2D eigenvalue weighted by molar-refractivity contribution is 6.27. The highest BCUT2D eigenvalue weighted by atomic mass is 16.7. The average molecular weight is 280 g/mol. The van der Waals surface area contributed by atoms with E-state index in [-0.39, 0.29) is 19.4 Å². The molecule has 0 saturated heterocycles. The van der Waals surface area contributed by atoms with Crippen molar-refractivity contribution >= 4 is 17.1 Å². The highest BCUT2D eigenvalue weighted by Gasteiger charge is 2.28.